The zero-order valence-electron chi connectivity index (χ0n) is 7.87. The van der Waals surface area contributed by atoms with Crippen molar-refractivity contribution in [3.8, 4) is 0 Å². The van der Waals surface area contributed by atoms with Crippen LogP contribution in [0.1, 0.15) is 20.3 Å². The Labute approximate surface area is 82.1 Å². The van der Waals surface area contributed by atoms with Crippen LogP contribution in [0, 0.1) is 0 Å². The normalized spacial score (nSPS) is 12.2. The van der Waals surface area contributed by atoms with Gasteiger partial charge in [0.25, 0.3) is 0 Å². The van der Waals surface area contributed by atoms with Crippen LogP contribution in [-0.4, -0.2) is 34.5 Å². The molecule has 2 N–H and O–H groups in total. The van der Waals surface area contributed by atoms with Crippen LogP contribution in [0.2, 0.25) is 0 Å². The second-order valence-corrected chi connectivity index (χ2v) is 3.69. The molecule has 0 aliphatic rings. The number of aliphatic carboxylic acids is 1. The lowest BCUT2D eigenvalue weighted by molar-refractivity contribution is -0.136. The van der Waals surface area contributed by atoms with Crippen LogP contribution < -0.4 is 5.32 Å². The molecule has 0 aromatic rings. The van der Waals surface area contributed by atoms with Crippen molar-refractivity contribution in [1.29, 1.82) is 0 Å². The van der Waals surface area contributed by atoms with Crippen molar-refractivity contribution in [2.75, 3.05) is 12.3 Å². The van der Waals surface area contributed by atoms with E-state index in [1.54, 1.807) is 6.92 Å². The summed E-state index contributed by atoms with van der Waals surface area (Å²) < 4.78 is 0. The molecule has 0 radical (unpaired) electrons. The number of hydrogen-bond acceptors (Lipinski definition) is 3. The fourth-order valence-electron chi connectivity index (χ4n) is 0.788. The van der Waals surface area contributed by atoms with Gasteiger partial charge >= 0.3 is 5.97 Å². The van der Waals surface area contributed by atoms with Gasteiger partial charge in [0.1, 0.15) is 5.25 Å². The first-order valence-corrected chi connectivity index (χ1v) is 5.27. The Bertz CT molecular complexity index is 184. The molecule has 0 rings (SSSR count). The summed E-state index contributed by atoms with van der Waals surface area (Å²) in [5.74, 6) is -0.734. The molecule has 1 amide bonds. The van der Waals surface area contributed by atoms with Gasteiger partial charge < -0.3 is 10.4 Å². The molecule has 0 saturated carbocycles. The number of rotatable bonds is 6. The van der Waals surface area contributed by atoms with Crippen LogP contribution in [0.4, 0.5) is 0 Å². The van der Waals surface area contributed by atoms with Gasteiger partial charge in [0.2, 0.25) is 5.91 Å². The van der Waals surface area contributed by atoms with Crippen LogP contribution in [0.15, 0.2) is 0 Å². The highest BCUT2D eigenvalue weighted by atomic mass is 32.2. The second-order valence-electron chi connectivity index (χ2n) is 2.50. The highest BCUT2D eigenvalue weighted by Crippen LogP contribution is 2.13. The van der Waals surface area contributed by atoms with Gasteiger partial charge in [-0.25, -0.2) is 0 Å². The summed E-state index contributed by atoms with van der Waals surface area (Å²) in [4.78, 5) is 21.5. The van der Waals surface area contributed by atoms with E-state index in [1.807, 2.05) is 6.92 Å². The largest absolute Gasteiger partial charge is 0.480 e. The lowest BCUT2D eigenvalue weighted by atomic mass is 10.3. The van der Waals surface area contributed by atoms with Crippen LogP contribution in [0.3, 0.4) is 0 Å². The van der Waals surface area contributed by atoms with Gasteiger partial charge in [0, 0.05) is 6.54 Å². The van der Waals surface area contributed by atoms with Gasteiger partial charge in [0.05, 0.1) is 5.75 Å². The quantitative estimate of drug-likeness (QED) is 0.670. The monoisotopic (exact) mass is 205 g/mol. The summed E-state index contributed by atoms with van der Waals surface area (Å²) in [7, 11) is 0. The molecule has 13 heavy (non-hydrogen) atoms. The molecule has 0 aromatic heterocycles. The van der Waals surface area contributed by atoms with E-state index in [-0.39, 0.29) is 11.7 Å². The Balaban J connectivity index is 3.72. The van der Waals surface area contributed by atoms with E-state index in [2.05, 4.69) is 5.32 Å². The van der Waals surface area contributed by atoms with Gasteiger partial charge in [-0.15, -0.1) is 11.8 Å². The van der Waals surface area contributed by atoms with Crippen molar-refractivity contribution in [1.82, 2.24) is 5.32 Å². The molecule has 1 unspecified atom stereocenters. The number of thioether (sulfide) groups is 1. The highest BCUT2D eigenvalue weighted by molar-refractivity contribution is 8.01. The highest BCUT2D eigenvalue weighted by Gasteiger charge is 2.16. The second kappa shape index (κ2) is 6.77. The first-order chi connectivity index (χ1) is 6.11. The smallest absolute Gasteiger partial charge is 0.316 e. The molecule has 4 nitrogen and oxygen atoms in total. The number of carboxylic acids is 1. The number of carbonyl (C=O) groups is 2. The fourth-order valence-corrected chi connectivity index (χ4v) is 1.62. The maximum Gasteiger partial charge on any atom is 0.316 e. The van der Waals surface area contributed by atoms with Crippen LogP contribution in [-0.2, 0) is 9.59 Å². The van der Waals surface area contributed by atoms with Crippen LogP contribution in [0.25, 0.3) is 0 Å². The van der Waals surface area contributed by atoms with Crippen molar-refractivity contribution >= 4 is 23.6 Å². The summed E-state index contributed by atoms with van der Waals surface area (Å²) in [5, 5.41) is 10.8. The van der Waals surface area contributed by atoms with E-state index < -0.39 is 11.2 Å². The third-order valence-corrected chi connectivity index (χ3v) is 2.80. The molecule has 0 aliphatic heterocycles. The molecule has 0 aromatic carbocycles. The predicted octanol–water partition coefficient (Wildman–Crippen LogP) is 0.719. The average molecular weight is 205 g/mol. The molecule has 1 atom stereocenters. The SMILES string of the molecule is CCNC(=O)CSC(CC)C(=O)O. The van der Waals surface area contributed by atoms with Gasteiger partial charge in [0.15, 0.2) is 0 Å². The topological polar surface area (TPSA) is 66.4 Å². The van der Waals surface area contributed by atoms with Gasteiger partial charge in [-0.1, -0.05) is 6.92 Å². The maximum absolute atomic E-state index is 11.0. The van der Waals surface area contributed by atoms with Crippen molar-refractivity contribution in [3.05, 3.63) is 0 Å². The third kappa shape index (κ3) is 5.52. The van der Waals surface area contributed by atoms with E-state index in [0.717, 1.165) is 0 Å². The third-order valence-electron chi connectivity index (χ3n) is 1.44. The molecule has 76 valence electrons. The Morgan fingerprint density at radius 3 is 2.46 bits per heavy atom. The summed E-state index contributed by atoms with van der Waals surface area (Å²) in [6, 6.07) is 0. The molecule has 0 fully saturated rings. The van der Waals surface area contributed by atoms with Gasteiger partial charge in [-0.2, -0.15) is 0 Å². The first-order valence-electron chi connectivity index (χ1n) is 4.22. The lowest BCUT2D eigenvalue weighted by Gasteiger charge is -2.08. The minimum atomic E-state index is -0.850. The average Bonchev–Trinajstić information content (AvgIpc) is 2.05. The van der Waals surface area contributed by atoms with Gasteiger partial charge in [-0.05, 0) is 13.3 Å². The first kappa shape index (κ1) is 12.3. The summed E-state index contributed by atoms with van der Waals surface area (Å²) in [6.07, 6.45) is 0.541. The number of carbonyl (C=O) groups excluding carboxylic acids is 1. The molecular weight excluding hydrogens is 190 g/mol. The predicted molar refractivity (Wildman–Crippen MR) is 52.9 cm³/mol. The number of carboxylic acid groups (broad SMARTS) is 1. The standard InChI is InChI=1S/C8H15NO3S/c1-3-6(8(11)12)13-5-7(10)9-4-2/h6H,3-5H2,1-2H3,(H,9,10)(H,11,12). The Morgan fingerprint density at radius 1 is 1.46 bits per heavy atom. The summed E-state index contributed by atoms with van der Waals surface area (Å²) >= 11 is 1.17. The van der Waals surface area contributed by atoms with Crippen molar-refractivity contribution in [3.63, 3.8) is 0 Å². The molecule has 0 saturated heterocycles. The van der Waals surface area contributed by atoms with Crippen molar-refractivity contribution < 1.29 is 14.7 Å². The minimum absolute atomic E-state index is 0.104. The Morgan fingerprint density at radius 2 is 2.08 bits per heavy atom. The lowest BCUT2D eigenvalue weighted by Crippen LogP contribution is -2.26. The zero-order valence-corrected chi connectivity index (χ0v) is 8.69. The molecule has 0 spiro atoms. The minimum Gasteiger partial charge on any atom is -0.480 e. The Hall–Kier alpha value is -0.710. The molecule has 0 bridgehead atoms. The van der Waals surface area contributed by atoms with Crippen LogP contribution >= 0.6 is 11.8 Å². The van der Waals surface area contributed by atoms with E-state index >= 15 is 0 Å². The maximum atomic E-state index is 11.0. The molecule has 5 heteroatoms. The van der Waals surface area contributed by atoms with Crippen LogP contribution in [0.5, 0.6) is 0 Å². The fraction of sp³-hybridized carbons (Fsp3) is 0.750. The Kier molecular flexibility index (Phi) is 6.40. The van der Waals surface area contributed by atoms with Crippen molar-refractivity contribution in [2.24, 2.45) is 0 Å². The molecular formula is C8H15NO3S. The summed E-state index contributed by atoms with van der Waals surface area (Å²) in [6.45, 7) is 4.21. The summed E-state index contributed by atoms with van der Waals surface area (Å²) in [5.41, 5.74) is 0. The zero-order chi connectivity index (χ0) is 10.3. The van der Waals surface area contributed by atoms with Crippen molar-refractivity contribution in [2.45, 2.75) is 25.5 Å². The van der Waals surface area contributed by atoms with E-state index in [1.165, 1.54) is 11.8 Å². The van der Waals surface area contributed by atoms with E-state index in [0.29, 0.717) is 13.0 Å². The van der Waals surface area contributed by atoms with E-state index in [4.69, 9.17) is 5.11 Å². The molecule has 0 heterocycles. The van der Waals surface area contributed by atoms with E-state index in [9.17, 15) is 9.59 Å². The molecule has 0 aliphatic carbocycles. The van der Waals surface area contributed by atoms with Gasteiger partial charge in [-0.3, -0.25) is 9.59 Å². The number of nitrogens with one attached hydrogen (secondary N) is 1. The number of hydrogen-bond donors (Lipinski definition) is 2. The number of amides is 1.